The summed E-state index contributed by atoms with van der Waals surface area (Å²) in [4.78, 5) is 26.7. The summed E-state index contributed by atoms with van der Waals surface area (Å²) in [6.07, 6.45) is 3.71. The van der Waals surface area contributed by atoms with Crippen LogP contribution in [0.5, 0.6) is 0 Å². The zero-order chi connectivity index (χ0) is 22.5. The first-order valence-electron chi connectivity index (χ1n) is 10.5. The SMILES string of the molecule is CC[C@H](NC(=O)Nc1cnn(CC(=O)N2CC(C)OC(C)C2)c1)c1ccc(C)c(F)c1. The molecule has 2 N–H and O–H groups in total. The van der Waals surface area contributed by atoms with Crippen molar-refractivity contribution in [3.8, 4) is 0 Å². The number of rotatable bonds is 6. The van der Waals surface area contributed by atoms with Gasteiger partial charge in [0.1, 0.15) is 12.4 Å². The number of aromatic nitrogens is 2. The summed E-state index contributed by atoms with van der Waals surface area (Å²) in [5, 5.41) is 9.73. The topological polar surface area (TPSA) is 88.5 Å². The molecule has 0 saturated carbocycles. The number of urea groups is 1. The van der Waals surface area contributed by atoms with E-state index in [0.29, 0.717) is 36.3 Å². The molecule has 1 aromatic heterocycles. The van der Waals surface area contributed by atoms with E-state index in [1.54, 1.807) is 24.1 Å². The minimum absolute atomic E-state index is 0.000221. The first-order chi connectivity index (χ1) is 14.7. The monoisotopic (exact) mass is 431 g/mol. The maximum Gasteiger partial charge on any atom is 0.319 e. The van der Waals surface area contributed by atoms with Gasteiger partial charge in [-0.25, -0.2) is 9.18 Å². The van der Waals surface area contributed by atoms with E-state index in [4.69, 9.17) is 4.74 Å². The van der Waals surface area contributed by atoms with Crippen LogP contribution in [0.25, 0.3) is 0 Å². The zero-order valence-corrected chi connectivity index (χ0v) is 18.4. The van der Waals surface area contributed by atoms with Crippen LogP contribution in [0.2, 0.25) is 0 Å². The third-order valence-electron chi connectivity index (χ3n) is 5.27. The molecule has 8 nitrogen and oxygen atoms in total. The molecule has 3 amide bonds. The summed E-state index contributed by atoms with van der Waals surface area (Å²) >= 11 is 0. The van der Waals surface area contributed by atoms with E-state index in [9.17, 15) is 14.0 Å². The summed E-state index contributed by atoms with van der Waals surface area (Å²) in [6.45, 7) is 8.69. The van der Waals surface area contributed by atoms with Crippen molar-refractivity contribution in [3.05, 3.63) is 47.5 Å². The van der Waals surface area contributed by atoms with Crippen LogP contribution in [0.1, 0.15) is 44.4 Å². The first-order valence-corrected chi connectivity index (χ1v) is 10.5. The van der Waals surface area contributed by atoms with E-state index < -0.39 is 6.03 Å². The average molecular weight is 432 g/mol. The highest BCUT2D eigenvalue weighted by Gasteiger charge is 2.26. The minimum atomic E-state index is -0.422. The van der Waals surface area contributed by atoms with Gasteiger partial charge in [-0.05, 0) is 44.4 Å². The second kappa shape index (κ2) is 9.91. The Bertz CT molecular complexity index is 922. The number of aryl methyl sites for hydroxylation is 1. The normalized spacial score (nSPS) is 19.7. The van der Waals surface area contributed by atoms with Gasteiger partial charge in [0.05, 0.1) is 30.1 Å². The Morgan fingerprint density at radius 3 is 2.65 bits per heavy atom. The van der Waals surface area contributed by atoms with Crippen LogP contribution in [0.15, 0.2) is 30.6 Å². The van der Waals surface area contributed by atoms with Gasteiger partial charge >= 0.3 is 6.03 Å². The van der Waals surface area contributed by atoms with Crippen LogP contribution in [0, 0.1) is 12.7 Å². The number of ether oxygens (including phenoxy) is 1. The Hall–Kier alpha value is -2.94. The largest absolute Gasteiger partial charge is 0.372 e. The molecule has 9 heteroatoms. The number of morpholine rings is 1. The molecule has 1 aromatic carbocycles. The Morgan fingerprint density at radius 1 is 1.29 bits per heavy atom. The molecule has 3 rings (SSSR count). The molecule has 0 spiro atoms. The fourth-order valence-electron chi connectivity index (χ4n) is 3.71. The summed E-state index contributed by atoms with van der Waals surface area (Å²) in [5.41, 5.74) is 1.74. The van der Waals surface area contributed by atoms with Crippen molar-refractivity contribution < 1.29 is 18.7 Å². The summed E-state index contributed by atoms with van der Waals surface area (Å²) < 4.78 is 21.0. The number of benzene rings is 1. The van der Waals surface area contributed by atoms with E-state index in [2.05, 4.69) is 15.7 Å². The van der Waals surface area contributed by atoms with E-state index in [1.807, 2.05) is 26.8 Å². The molecule has 0 bridgehead atoms. The lowest BCUT2D eigenvalue weighted by atomic mass is 10.0. The summed E-state index contributed by atoms with van der Waals surface area (Å²) in [6, 6.07) is 4.21. The molecule has 0 radical (unpaired) electrons. The molecule has 3 atom stereocenters. The van der Waals surface area contributed by atoms with Crippen molar-refractivity contribution in [1.29, 1.82) is 0 Å². The second-order valence-electron chi connectivity index (χ2n) is 8.05. The van der Waals surface area contributed by atoms with Crippen LogP contribution < -0.4 is 10.6 Å². The van der Waals surface area contributed by atoms with Crippen molar-refractivity contribution in [2.75, 3.05) is 18.4 Å². The zero-order valence-electron chi connectivity index (χ0n) is 18.4. The lowest BCUT2D eigenvalue weighted by molar-refractivity contribution is -0.144. The fourth-order valence-corrected chi connectivity index (χ4v) is 3.71. The van der Waals surface area contributed by atoms with Crippen LogP contribution in [0.4, 0.5) is 14.9 Å². The van der Waals surface area contributed by atoms with Crippen molar-refractivity contribution in [1.82, 2.24) is 20.0 Å². The summed E-state index contributed by atoms with van der Waals surface area (Å²) in [7, 11) is 0. The van der Waals surface area contributed by atoms with E-state index in [0.717, 1.165) is 0 Å². The van der Waals surface area contributed by atoms with E-state index in [1.165, 1.54) is 16.9 Å². The van der Waals surface area contributed by atoms with Crippen LogP contribution >= 0.6 is 0 Å². The van der Waals surface area contributed by atoms with Crippen molar-refractivity contribution in [2.24, 2.45) is 0 Å². The number of hydrogen-bond acceptors (Lipinski definition) is 4. The number of nitrogens with one attached hydrogen (secondary N) is 2. The number of hydrogen-bond donors (Lipinski definition) is 2. The Morgan fingerprint density at radius 2 is 2.00 bits per heavy atom. The standard InChI is InChI=1S/C22H30FN5O3/c1-5-20(17-7-6-14(2)19(23)8-17)26-22(30)25-18-9-24-28(12-18)13-21(29)27-10-15(3)31-16(4)11-27/h6-9,12,15-16,20H,5,10-11,13H2,1-4H3,(H2,25,26,30)/t15?,16?,20-/m0/s1. The molecule has 2 heterocycles. The Kier molecular flexibility index (Phi) is 7.27. The molecule has 0 aliphatic carbocycles. The second-order valence-corrected chi connectivity index (χ2v) is 8.05. The van der Waals surface area contributed by atoms with Crippen molar-refractivity contribution >= 4 is 17.6 Å². The maximum absolute atomic E-state index is 13.9. The highest BCUT2D eigenvalue weighted by atomic mass is 19.1. The Balaban J connectivity index is 1.55. The highest BCUT2D eigenvalue weighted by molar-refractivity contribution is 5.89. The van der Waals surface area contributed by atoms with Gasteiger partial charge in [-0.15, -0.1) is 0 Å². The lowest BCUT2D eigenvalue weighted by Gasteiger charge is -2.35. The predicted octanol–water partition coefficient (Wildman–Crippen LogP) is 3.24. The van der Waals surface area contributed by atoms with Gasteiger partial charge in [0.15, 0.2) is 0 Å². The molecule has 1 aliphatic rings. The van der Waals surface area contributed by atoms with Gasteiger partial charge in [-0.3, -0.25) is 9.48 Å². The van der Waals surface area contributed by atoms with Gasteiger partial charge in [-0.2, -0.15) is 5.10 Å². The van der Waals surface area contributed by atoms with Gasteiger partial charge in [0, 0.05) is 19.3 Å². The van der Waals surface area contributed by atoms with E-state index in [-0.39, 0.29) is 36.5 Å². The average Bonchev–Trinajstić information content (AvgIpc) is 3.14. The number of carbonyl (C=O) groups is 2. The van der Waals surface area contributed by atoms with Gasteiger partial charge < -0.3 is 20.3 Å². The molecular weight excluding hydrogens is 401 g/mol. The number of amides is 3. The molecule has 168 valence electrons. The summed E-state index contributed by atoms with van der Waals surface area (Å²) in [5.74, 6) is -0.346. The molecule has 1 aliphatic heterocycles. The number of halogens is 1. The third-order valence-corrected chi connectivity index (χ3v) is 5.27. The molecule has 31 heavy (non-hydrogen) atoms. The fraction of sp³-hybridized carbons (Fsp3) is 0.500. The van der Waals surface area contributed by atoms with Crippen molar-refractivity contribution in [3.63, 3.8) is 0 Å². The van der Waals surface area contributed by atoms with Crippen LogP contribution in [-0.4, -0.2) is 51.9 Å². The van der Waals surface area contributed by atoms with Gasteiger partial charge in [0.2, 0.25) is 5.91 Å². The number of nitrogens with zero attached hydrogens (tertiary/aromatic N) is 3. The smallest absolute Gasteiger partial charge is 0.319 e. The van der Waals surface area contributed by atoms with Gasteiger partial charge in [-0.1, -0.05) is 19.1 Å². The number of anilines is 1. The molecular formula is C22H30FN5O3. The molecule has 1 saturated heterocycles. The molecule has 2 aromatic rings. The number of carbonyl (C=O) groups excluding carboxylic acids is 2. The van der Waals surface area contributed by atoms with Crippen molar-refractivity contribution in [2.45, 2.75) is 58.9 Å². The minimum Gasteiger partial charge on any atom is -0.372 e. The lowest BCUT2D eigenvalue weighted by Crippen LogP contribution is -2.49. The third kappa shape index (κ3) is 6.04. The molecule has 1 fully saturated rings. The first kappa shape index (κ1) is 22.7. The quantitative estimate of drug-likeness (QED) is 0.735. The Labute approximate surface area is 181 Å². The van der Waals surface area contributed by atoms with E-state index >= 15 is 0 Å². The predicted molar refractivity (Wildman–Crippen MR) is 115 cm³/mol. The molecule has 2 unspecified atom stereocenters. The van der Waals surface area contributed by atoms with Crippen LogP contribution in [-0.2, 0) is 16.1 Å². The highest BCUT2D eigenvalue weighted by Crippen LogP contribution is 2.20. The maximum atomic E-state index is 13.9. The van der Waals surface area contributed by atoms with Gasteiger partial charge in [0.25, 0.3) is 0 Å². The van der Waals surface area contributed by atoms with Crippen LogP contribution in [0.3, 0.4) is 0 Å².